The largest absolute Gasteiger partial charge is 0.330 e. The summed E-state index contributed by atoms with van der Waals surface area (Å²) in [6.45, 7) is 10.4. The molecule has 1 aliphatic rings. The van der Waals surface area contributed by atoms with E-state index in [0.717, 1.165) is 44.5 Å². The van der Waals surface area contributed by atoms with Crippen molar-refractivity contribution in [1.29, 1.82) is 0 Å². The van der Waals surface area contributed by atoms with E-state index < -0.39 is 10.0 Å². The van der Waals surface area contributed by atoms with Crippen LogP contribution in [0.4, 0.5) is 0 Å². The van der Waals surface area contributed by atoms with Gasteiger partial charge in [0.05, 0.1) is 15.9 Å². The summed E-state index contributed by atoms with van der Waals surface area (Å²) in [5, 5.41) is 0. The van der Waals surface area contributed by atoms with E-state index in [-0.39, 0.29) is 12.2 Å². The van der Waals surface area contributed by atoms with Crippen molar-refractivity contribution in [2.75, 3.05) is 13.1 Å². The van der Waals surface area contributed by atoms with Gasteiger partial charge in [0, 0.05) is 25.2 Å². The number of hydrogen-bond acceptors (Lipinski definition) is 3. The van der Waals surface area contributed by atoms with E-state index >= 15 is 0 Å². The predicted molar refractivity (Wildman–Crippen MR) is 120 cm³/mol. The number of sulfonamides is 1. The molecule has 0 unspecified atom stereocenters. The van der Waals surface area contributed by atoms with E-state index in [2.05, 4.69) is 4.98 Å². The van der Waals surface area contributed by atoms with Crippen molar-refractivity contribution in [1.82, 2.24) is 13.9 Å². The Labute approximate surface area is 176 Å². The van der Waals surface area contributed by atoms with Crippen LogP contribution in [0.2, 0.25) is 0 Å². The van der Waals surface area contributed by atoms with E-state index in [4.69, 9.17) is 0 Å². The van der Waals surface area contributed by atoms with Crippen molar-refractivity contribution >= 4 is 26.8 Å². The molecule has 4 rings (SSSR count). The minimum absolute atomic E-state index is 0.199. The molecule has 0 atom stereocenters. The summed E-state index contributed by atoms with van der Waals surface area (Å²) < 4.78 is 30.2. The number of aromatic amines is 1. The summed E-state index contributed by atoms with van der Waals surface area (Å²) in [6, 6.07) is 7.52. The van der Waals surface area contributed by atoms with Crippen molar-refractivity contribution in [3.05, 3.63) is 68.6 Å². The first-order valence-corrected chi connectivity index (χ1v) is 11.5. The Balaban J connectivity index is 1.73. The topological polar surface area (TPSA) is 75.2 Å². The van der Waals surface area contributed by atoms with Gasteiger partial charge >= 0.3 is 5.69 Å². The molecule has 0 spiro atoms. The van der Waals surface area contributed by atoms with E-state index in [1.54, 1.807) is 4.57 Å². The highest BCUT2D eigenvalue weighted by atomic mass is 32.2. The molecular weight excluding hydrogens is 398 g/mol. The average Bonchev–Trinajstić information content (AvgIpc) is 3.06. The second-order valence-corrected chi connectivity index (χ2v) is 9.92. The average molecular weight is 426 g/mol. The van der Waals surface area contributed by atoms with Gasteiger partial charge in [0.25, 0.3) is 0 Å². The molecule has 0 amide bonds. The quantitative estimate of drug-likeness (QED) is 0.693. The van der Waals surface area contributed by atoms with Gasteiger partial charge in [-0.15, -0.1) is 0 Å². The van der Waals surface area contributed by atoms with Crippen molar-refractivity contribution in [2.24, 2.45) is 0 Å². The lowest BCUT2D eigenvalue weighted by Gasteiger charge is -2.28. The molecule has 1 aliphatic heterocycles. The Kier molecular flexibility index (Phi) is 4.98. The number of fused-ring (bicyclic) bond motifs is 1. The van der Waals surface area contributed by atoms with Crippen LogP contribution in [0.25, 0.3) is 16.7 Å². The minimum atomic E-state index is -3.64. The molecule has 0 aliphatic carbocycles. The second kappa shape index (κ2) is 7.25. The van der Waals surface area contributed by atoms with Crippen LogP contribution in [0.1, 0.15) is 34.2 Å². The van der Waals surface area contributed by atoms with Gasteiger partial charge in [-0.2, -0.15) is 4.31 Å². The molecule has 0 saturated heterocycles. The van der Waals surface area contributed by atoms with Crippen LogP contribution in [0.3, 0.4) is 0 Å². The molecule has 0 saturated carbocycles. The van der Waals surface area contributed by atoms with Gasteiger partial charge in [0.1, 0.15) is 0 Å². The standard InChI is InChI=1S/C23H27N3O3S/c1-14-15(2)17(4)22(18(5)16(14)3)30(28,29)25-12-10-19(11-13-25)26-21-9-7-6-8-20(21)24-23(26)27/h6-10H,11-13H2,1-5H3,(H,24,27). The normalized spacial score (nSPS) is 15.6. The molecule has 3 aromatic rings. The molecule has 0 radical (unpaired) electrons. The summed E-state index contributed by atoms with van der Waals surface area (Å²) in [6.07, 6.45) is 2.32. The predicted octanol–water partition coefficient (Wildman–Crippen LogP) is 3.81. The van der Waals surface area contributed by atoms with E-state index in [1.807, 2.05) is 65.0 Å². The first-order valence-electron chi connectivity index (χ1n) is 10.1. The molecule has 1 N–H and O–H groups in total. The van der Waals surface area contributed by atoms with Gasteiger partial charge in [-0.3, -0.25) is 4.57 Å². The zero-order chi connectivity index (χ0) is 21.8. The molecule has 2 heterocycles. The third-order valence-electron chi connectivity index (χ3n) is 6.55. The fourth-order valence-corrected chi connectivity index (χ4v) is 6.32. The van der Waals surface area contributed by atoms with Gasteiger partial charge in [-0.25, -0.2) is 13.2 Å². The third-order valence-corrected chi connectivity index (χ3v) is 8.69. The smallest absolute Gasteiger partial charge is 0.305 e. The maximum absolute atomic E-state index is 13.5. The maximum atomic E-state index is 13.5. The number of imidazole rings is 1. The first-order chi connectivity index (χ1) is 14.1. The minimum Gasteiger partial charge on any atom is -0.305 e. The maximum Gasteiger partial charge on any atom is 0.330 e. The Morgan fingerprint density at radius 1 is 0.900 bits per heavy atom. The summed E-state index contributed by atoms with van der Waals surface area (Å²) in [5.41, 5.74) is 7.03. The molecule has 7 heteroatoms. The fraction of sp³-hybridized carbons (Fsp3) is 0.348. The number of hydrogen-bond donors (Lipinski definition) is 1. The Morgan fingerprint density at radius 3 is 2.10 bits per heavy atom. The number of aromatic nitrogens is 2. The Bertz CT molecular complexity index is 1330. The van der Waals surface area contributed by atoms with Gasteiger partial charge < -0.3 is 4.98 Å². The summed E-state index contributed by atoms with van der Waals surface area (Å²) in [7, 11) is -3.64. The van der Waals surface area contributed by atoms with Crippen LogP contribution in [0.5, 0.6) is 0 Å². The van der Waals surface area contributed by atoms with Crippen LogP contribution in [0.15, 0.2) is 40.0 Å². The van der Waals surface area contributed by atoms with Crippen LogP contribution < -0.4 is 5.69 Å². The molecule has 158 valence electrons. The number of nitrogens with zero attached hydrogens (tertiary/aromatic N) is 2. The molecule has 0 fully saturated rings. The molecule has 6 nitrogen and oxygen atoms in total. The number of benzene rings is 2. The number of nitrogens with one attached hydrogen (secondary N) is 1. The summed E-state index contributed by atoms with van der Waals surface area (Å²) >= 11 is 0. The number of H-pyrrole nitrogens is 1. The van der Waals surface area contributed by atoms with Crippen LogP contribution in [-0.2, 0) is 10.0 Å². The lowest BCUT2D eigenvalue weighted by atomic mass is 9.95. The zero-order valence-corrected chi connectivity index (χ0v) is 18.9. The highest BCUT2D eigenvalue weighted by Crippen LogP contribution is 2.33. The van der Waals surface area contributed by atoms with E-state index in [0.29, 0.717) is 17.9 Å². The lowest BCUT2D eigenvalue weighted by Crippen LogP contribution is -2.37. The van der Waals surface area contributed by atoms with Crippen molar-refractivity contribution in [2.45, 2.75) is 45.9 Å². The molecule has 30 heavy (non-hydrogen) atoms. The van der Waals surface area contributed by atoms with Gasteiger partial charge in [0.15, 0.2) is 0 Å². The van der Waals surface area contributed by atoms with Gasteiger partial charge in [-0.05, 0) is 80.6 Å². The monoisotopic (exact) mass is 425 g/mol. The molecular formula is C23H27N3O3S. The second-order valence-electron chi connectivity index (χ2n) is 8.05. The van der Waals surface area contributed by atoms with Gasteiger partial charge in [-0.1, -0.05) is 12.1 Å². The molecule has 1 aromatic heterocycles. The number of rotatable bonds is 3. The van der Waals surface area contributed by atoms with E-state index in [1.165, 1.54) is 4.31 Å². The fourth-order valence-electron chi connectivity index (χ4n) is 4.38. The molecule has 2 aromatic carbocycles. The highest BCUT2D eigenvalue weighted by molar-refractivity contribution is 7.89. The van der Waals surface area contributed by atoms with Crippen LogP contribution >= 0.6 is 0 Å². The van der Waals surface area contributed by atoms with E-state index in [9.17, 15) is 13.2 Å². The lowest BCUT2D eigenvalue weighted by molar-refractivity contribution is 0.437. The zero-order valence-electron chi connectivity index (χ0n) is 18.0. The third kappa shape index (κ3) is 3.04. The van der Waals surface area contributed by atoms with Crippen molar-refractivity contribution in [3.63, 3.8) is 0 Å². The van der Waals surface area contributed by atoms with Crippen molar-refractivity contribution in [3.8, 4) is 0 Å². The highest BCUT2D eigenvalue weighted by Gasteiger charge is 2.31. The summed E-state index contributed by atoms with van der Waals surface area (Å²) in [5.74, 6) is 0. The first kappa shape index (κ1) is 20.6. The van der Waals surface area contributed by atoms with Crippen LogP contribution in [0, 0.1) is 34.6 Å². The Morgan fingerprint density at radius 2 is 1.50 bits per heavy atom. The van der Waals surface area contributed by atoms with Crippen molar-refractivity contribution < 1.29 is 8.42 Å². The van der Waals surface area contributed by atoms with Gasteiger partial charge in [0.2, 0.25) is 10.0 Å². The number of para-hydroxylation sites is 2. The summed E-state index contributed by atoms with van der Waals surface area (Å²) in [4.78, 5) is 15.7. The molecule has 0 bridgehead atoms. The Hall–Kier alpha value is -2.64. The van der Waals surface area contributed by atoms with Crippen LogP contribution in [-0.4, -0.2) is 35.4 Å². The SMILES string of the molecule is Cc1c(C)c(C)c(S(=O)(=O)N2CC=C(n3c(=O)[nH]c4ccccc43)CC2)c(C)c1C.